The summed E-state index contributed by atoms with van der Waals surface area (Å²) in [6.45, 7) is 8.00. The molecule has 0 saturated heterocycles. The molecule has 0 N–H and O–H groups in total. The summed E-state index contributed by atoms with van der Waals surface area (Å²) in [6, 6.07) is 50.4. The summed E-state index contributed by atoms with van der Waals surface area (Å²) >= 11 is 0. The molecule has 0 aliphatic rings. The van der Waals surface area contributed by atoms with Gasteiger partial charge in [-0.05, 0) is 64.7 Å². The molecule has 218 valence electrons. The van der Waals surface area contributed by atoms with Gasteiger partial charge in [0.25, 0.3) is 0 Å². The van der Waals surface area contributed by atoms with Gasteiger partial charge in [-0.15, -0.1) is 0 Å². The van der Waals surface area contributed by atoms with Gasteiger partial charge in [-0.2, -0.15) is 0 Å². The minimum atomic E-state index is 0.496. The van der Waals surface area contributed by atoms with Crippen LogP contribution < -0.4 is 0 Å². The summed E-state index contributed by atoms with van der Waals surface area (Å²) in [4.78, 5) is 3.88. The van der Waals surface area contributed by atoms with E-state index < -0.39 is 0 Å². The highest BCUT2D eigenvalue weighted by atomic mass is 16.3. The maximum atomic E-state index is 8.00. The fourth-order valence-electron chi connectivity index (χ4n) is 7.31. The first-order chi connectivity index (χ1) is 23.3. The van der Waals surface area contributed by atoms with Crippen LogP contribution in [0.5, 0.6) is 0 Å². The molecule has 0 aliphatic carbocycles. The number of fused-ring (bicyclic) bond motifs is 9. The van der Waals surface area contributed by atoms with E-state index in [1.54, 1.807) is 0 Å². The van der Waals surface area contributed by atoms with E-state index in [-0.39, 0.29) is 0 Å². The van der Waals surface area contributed by atoms with Gasteiger partial charge in [0.15, 0.2) is 5.58 Å². The second-order valence-corrected chi connectivity index (χ2v) is 12.0. The van der Waals surface area contributed by atoms with Crippen molar-refractivity contribution in [1.29, 1.82) is 0 Å². The summed E-state index contributed by atoms with van der Waals surface area (Å²) in [6.07, 6.45) is 0. The first kappa shape index (κ1) is 25.7. The molecule has 0 aliphatic heterocycles. The van der Waals surface area contributed by atoms with E-state index in [0.717, 1.165) is 66.1 Å². The molecule has 7 aromatic carbocycles. The van der Waals surface area contributed by atoms with E-state index in [0.29, 0.717) is 11.3 Å². The lowest BCUT2D eigenvalue weighted by Crippen LogP contribution is -1.94. The standard InChI is InChI=1S/C43H24N2O2/c1-44-35-21-20-29(28-19-23-40-34(25-28)31-13-6-8-17-39(31)46-40)41-32-14-9-16-38(42(32)47-43(35)41)45-36-15-7-5-12-30(36)33-24-27(18-22-37(33)45)26-10-3-2-4-11-26/h2-25H. The molecule has 0 spiro atoms. The lowest BCUT2D eigenvalue weighted by Gasteiger charge is -2.09. The van der Waals surface area contributed by atoms with Crippen LogP contribution in [0, 0.1) is 6.57 Å². The van der Waals surface area contributed by atoms with Gasteiger partial charge in [0, 0.05) is 32.3 Å². The first-order valence-electron chi connectivity index (χ1n) is 15.6. The zero-order valence-electron chi connectivity index (χ0n) is 25.1. The molecular formula is C43H24N2O2. The van der Waals surface area contributed by atoms with Crippen molar-refractivity contribution < 1.29 is 8.83 Å². The van der Waals surface area contributed by atoms with Crippen LogP contribution in [0.2, 0.25) is 0 Å². The SMILES string of the molecule is [C-]#[N+]c1ccc(-c2ccc3oc4ccccc4c3c2)c2c1oc1c(-n3c4ccccc4c4cc(-c5ccccc5)ccc43)cccc12. The van der Waals surface area contributed by atoms with Gasteiger partial charge in [0.1, 0.15) is 16.7 Å². The van der Waals surface area contributed by atoms with Crippen molar-refractivity contribution >= 4 is 71.4 Å². The molecule has 3 heterocycles. The number of aromatic nitrogens is 1. The van der Waals surface area contributed by atoms with E-state index in [2.05, 4.69) is 113 Å². The number of hydrogen-bond donors (Lipinski definition) is 0. The van der Waals surface area contributed by atoms with Gasteiger partial charge in [0.2, 0.25) is 5.69 Å². The highest BCUT2D eigenvalue weighted by molar-refractivity contribution is 6.19. The number of nitrogens with zero attached hydrogens (tertiary/aromatic N) is 2. The van der Waals surface area contributed by atoms with E-state index in [4.69, 9.17) is 15.4 Å². The summed E-state index contributed by atoms with van der Waals surface area (Å²) in [5.41, 5.74) is 11.1. The molecule has 0 bridgehead atoms. The molecule has 47 heavy (non-hydrogen) atoms. The molecule has 3 aromatic heterocycles. The lowest BCUT2D eigenvalue weighted by molar-refractivity contribution is 0.668. The average molecular weight is 601 g/mol. The summed E-state index contributed by atoms with van der Waals surface area (Å²) in [5, 5.41) is 6.42. The molecular weight excluding hydrogens is 576 g/mol. The molecule has 4 heteroatoms. The van der Waals surface area contributed by atoms with Gasteiger partial charge in [-0.3, -0.25) is 0 Å². The Kier molecular flexibility index (Phi) is 5.32. The molecule has 10 rings (SSSR count). The van der Waals surface area contributed by atoms with Crippen LogP contribution in [0.15, 0.2) is 154 Å². The van der Waals surface area contributed by atoms with Crippen LogP contribution in [-0.4, -0.2) is 4.57 Å². The Labute approximate surface area is 269 Å². The Morgan fingerprint density at radius 3 is 2.09 bits per heavy atom. The number of para-hydroxylation sites is 3. The Morgan fingerprint density at radius 1 is 0.468 bits per heavy atom. The predicted octanol–water partition coefficient (Wildman–Crippen LogP) is 12.5. The number of furan rings is 2. The molecule has 0 fully saturated rings. The second-order valence-electron chi connectivity index (χ2n) is 12.0. The Hall–Kier alpha value is -6.57. The van der Waals surface area contributed by atoms with Crippen molar-refractivity contribution in [3.8, 4) is 27.9 Å². The van der Waals surface area contributed by atoms with Crippen LogP contribution >= 0.6 is 0 Å². The maximum absolute atomic E-state index is 8.00. The highest BCUT2D eigenvalue weighted by Crippen LogP contribution is 2.45. The molecule has 4 nitrogen and oxygen atoms in total. The third-order valence-corrected chi connectivity index (χ3v) is 9.43. The first-order valence-corrected chi connectivity index (χ1v) is 15.6. The van der Waals surface area contributed by atoms with Crippen molar-refractivity contribution in [3.63, 3.8) is 0 Å². The van der Waals surface area contributed by atoms with Crippen molar-refractivity contribution in [1.82, 2.24) is 4.57 Å². The predicted molar refractivity (Wildman–Crippen MR) is 192 cm³/mol. The topological polar surface area (TPSA) is 35.6 Å². The molecule has 0 atom stereocenters. The van der Waals surface area contributed by atoms with E-state index in [1.165, 1.54) is 21.9 Å². The van der Waals surface area contributed by atoms with Crippen molar-refractivity contribution in [2.45, 2.75) is 0 Å². The van der Waals surface area contributed by atoms with E-state index in [1.807, 2.05) is 42.5 Å². The van der Waals surface area contributed by atoms with Crippen LogP contribution in [0.3, 0.4) is 0 Å². The lowest BCUT2D eigenvalue weighted by atomic mass is 9.97. The van der Waals surface area contributed by atoms with Crippen LogP contribution in [-0.2, 0) is 0 Å². The maximum Gasteiger partial charge on any atom is 0.229 e. The zero-order chi connectivity index (χ0) is 31.1. The van der Waals surface area contributed by atoms with Crippen LogP contribution in [0.1, 0.15) is 0 Å². The van der Waals surface area contributed by atoms with Crippen molar-refractivity contribution in [3.05, 3.63) is 157 Å². The fourth-order valence-corrected chi connectivity index (χ4v) is 7.31. The third kappa shape index (κ3) is 3.69. The quantitative estimate of drug-likeness (QED) is 0.189. The normalized spacial score (nSPS) is 11.8. The fraction of sp³-hybridized carbons (Fsp3) is 0. The molecule has 10 aromatic rings. The van der Waals surface area contributed by atoms with E-state index >= 15 is 0 Å². The Balaban J connectivity index is 1.25. The van der Waals surface area contributed by atoms with Crippen molar-refractivity contribution in [2.75, 3.05) is 0 Å². The molecule has 0 saturated carbocycles. The highest BCUT2D eigenvalue weighted by Gasteiger charge is 2.22. The summed E-state index contributed by atoms with van der Waals surface area (Å²) in [7, 11) is 0. The largest absolute Gasteiger partial charge is 0.465 e. The average Bonchev–Trinajstić information content (AvgIpc) is 3.81. The van der Waals surface area contributed by atoms with Crippen LogP contribution in [0.25, 0.3) is 98.5 Å². The smallest absolute Gasteiger partial charge is 0.229 e. The number of hydrogen-bond acceptors (Lipinski definition) is 2. The number of rotatable bonds is 3. The van der Waals surface area contributed by atoms with Gasteiger partial charge in [0.05, 0.1) is 23.3 Å². The van der Waals surface area contributed by atoms with Gasteiger partial charge in [-0.25, -0.2) is 4.85 Å². The molecule has 0 unspecified atom stereocenters. The summed E-state index contributed by atoms with van der Waals surface area (Å²) in [5.74, 6) is 0. The number of benzene rings is 7. The van der Waals surface area contributed by atoms with Crippen molar-refractivity contribution in [2.24, 2.45) is 0 Å². The second kappa shape index (κ2) is 9.71. The zero-order valence-corrected chi connectivity index (χ0v) is 25.1. The van der Waals surface area contributed by atoms with Gasteiger partial charge < -0.3 is 13.4 Å². The monoisotopic (exact) mass is 600 g/mol. The minimum Gasteiger partial charge on any atom is -0.465 e. The Morgan fingerprint density at radius 2 is 1.19 bits per heavy atom. The van der Waals surface area contributed by atoms with Gasteiger partial charge in [-0.1, -0.05) is 103 Å². The minimum absolute atomic E-state index is 0.496. The molecule has 0 radical (unpaired) electrons. The Bertz CT molecular complexity index is 2920. The molecule has 0 amide bonds. The van der Waals surface area contributed by atoms with Crippen LogP contribution in [0.4, 0.5) is 5.69 Å². The summed E-state index contributed by atoms with van der Waals surface area (Å²) < 4.78 is 15.2. The third-order valence-electron chi connectivity index (χ3n) is 9.43. The van der Waals surface area contributed by atoms with E-state index in [9.17, 15) is 0 Å². The van der Waals surface area contributed by atoms with Gasteiger partial charge >= 0.3 is 0 Å².